The summed E-state index contributed by atoms with van der Waals surface area (Å²) >= 11 is 3.60. The minimum Gasteiger partial charge on any atom is -0.277 e. The first kappa shape index (κ1) is 24.8. The molecule has 0 aliphatic carbocycles. The van der Waals surface area contributed by atoms with E-state index in [1.54, 1.807) is 17.7 Å². The normalized spacial score (nSPS) is 12.0. The standard InChI is InChI=1S/C37H20N6S2/c1-3-11-21(12-4-1)35-40-36(22-13-5-2-6-14-22)42-37(41-35)43-25-17-9-7-15-23(25)28-30-31-27(19-38-20-39-31)45-34(30)33-29(32(28)43)24-16-8-10-18-26(24)44-33/h1-20H. The Hall–Kier alpha value is -5.57. The van der Waals surface area contributed by atoms with Crippen LogP contribution in [0, 0.1) is 0 Å². The Bertz CT molecular complexity index is 2700. The van der Waals surface area contributed by atoms with Gasteiger partial charge in [0.1, 0.15) is 6.33 Å². The van der Waals surface area contributed by atoms with Crippen LogP contribution in [0.15, 0.2) is 122 Å². The molecule has 0 aliphatic rings. The topological polar surface area (TPSA) is 69.4 Å². The fourth-order valence-electron chi connectivity index (χ4n) is 6.51. The van der Waals surface area contributed by atoms with Crippen LogP contribution in [0.1, 0.15) is 0 Å². The summed E-state index contributed by atoms with van der Waals surface area (Å²) in [6.07, 6.45) is 3.58. The van der Waals surface area contributed by atoms with Gasteiger partial charge < -0.3 is 0 Å². The van der Waals surface area contributed by atoms with Crippen molar-refractivity contribution >= 4 is 85.0 Å². The van der Waals surface area contributed by atoms with Gasteiger partial charge in [-0.1, -0.05) is 97.1 Å². The van der Waals surface area contributed by atoms with E-state index in [0.717, 1.165) is 48.5 Å². The Morgan fingerprint density at radius 2 is 1.16 bits per heavy atom. The van der Waals surface area contributed by atoms with Gasteiger partial charge in [-0.2, -0.15) is 9.97 Å². The Balaban J connectivity index is 1.46. The lowest BCUT2D eigenvalue weighted by Crippen LogP contribution is -2.06. The number of benzene rings is 5. The van der Waals surface area contributed by atoms with Gasteiger partial charge in [-0.05, 0) is 12.1 Å². The van der Waals surface area contributed by atoms with E-state index in [4.69, 9.17) is 19.9 Å². The van der Waals surface area contributed by atoms with Gasteiger partial charge in [0.15, 0.2) is 11.6 Å². The first-order valence-electron chi connectivity index (χ1n) is 14.6. The maximum Gasteiger partial charge on any atom is 0.238 e. The molecule has 0 atom stereocenters. The third-order valence-electron chi connectivity index (χ3n) is 8.41. The van der Waals surface area contributed by atoms with Crippen LogP contribution in [0.25, 0.3) is 91.0 Å². The molecule has 210 valence electrons. The summed E-state index contributed by atoms with van der Waals surface area (Å²) in [7, 11) is 0. The zero-order valence-electron chi connectivity index (χ0n) is 23.5. The maximum atomic E-state index is 5.19. The Kier molecular flexibility index (Phi) is 5.22. The second-order valence-corrected chi connectivity index (χ2v) is 13.0. The first-order chi connectivity index (χ1) is 22.3. The molecule has 0 aliphatic heterocycles. The molecule has 0 bridgehead atoms. The van der Waals surface area contributed by atoms with Crippen LogP contribution < -0.4 is 0 Å². The number of hydrogen-bond donors (Lipinski definition) is 0. The van der Waals surface area contributed by atoms with E-state index >= 15 is 0 Å². The predicted molar refractivity (Wildman–Crippen MR) is 186 cm³/mol. The number of nitrogens with zero attached hydrogens (tertiary/aromatic N) is 6. The molecule has 8 heteroatoms. The molecule has 10 aromatic rings. The van der Waals surface area contributed by atoms with Crippen molar-refractivity contribution in [2.75, 3.05) is 0 Å². The highest BCUT2D eigenvalue weighted by atomic mass is 32.1. The molecule has 0 spiro atoms. The zero-order chi connectivity index (χ0) is 29.5. The van der Waals surface area contributed by atoms with E-state index < -0.39 is 0 Å². The minimum atomic E-state index is 0.582. The van der Waals surface area contributed by atoms with Crippen molar-refractivity contribution in [2.45, 2.75) is 0 Å². The summed E-state index contributed by atoms with van der Waals surface area (Å²) in [5.74, 6) is 1.84. The van der Waals surface area contributed by atoms with E-state index in [9.17, 15) is 0 Å². The number of rotatable bonds is 3. The highest BCUT2D eigenvalue weighted by Crippen LogP contribution is 2.51. The largest absolute Gasteiger partial charge is 0.277 e. The molecule has 10 rings (SSSR count). The van der Waals surface area contributed by atoms with Gasteiger partial charge in [-0.25, -0.2) is 15.0 Å². The molecule has 6 nitrogen and oxygen atoms in total. The second kappa shape index (κ2) is 9.46. The Morgan fingerprint density at radius 3 is 1.91 bits per heavy atom. The van der Waals surface area contributed by atoms with Gasteiger partial charge in [0.2, 0.25) is 5.95 Å². The summed E-state index contributed by atoms with van der Waals surface area (Å²) in [6, 6.07) is 37.5. The van der Waals surface area contributed by atoms with E-state index in [2.05, 4.69) is 58.1 Å². The van der Waals surface area contributed by atoms with Gasteiger partial charge in [0, 0.05) is 49.0 Å². The molecular weight excluding hydrogens is 593 g/mol. The third-order valence-corrected chi connectivity index (χ3v) is 10.9. The lowest BCUT2D eigenvalue weighted by molar-refractivity contribution is 0.955. The number of aromatic nitrogens is 6. The lowest BCUT2D eigenvalue weighted by Gasteiger charge is -2.11. The van der Waals surface area contributed by atoms with Crippen LogP contribution >= 0.6 is 22.7 Å². The van der Waals surface area contributed by atoms with Gasteiger partial charge in [0.05, 0.1) is 30.6 Å². The average molecular weight is 613 g/mol. The fourth-order valence-corrected chi connectivity index (χ4v) is 9.00. The van der Waals surface area contributed by atoms with Crippen molar-refractivity contribution in [1.29, 1.82) is 0 Å². The summed E-state index contributed by atoms with van der Waals surface area (Å²) in [5, 5.41) is 5.87. The molecule has 0 fully saturated rings. The highest BCUT2D eigenvalue weighted by Gasteiger charge is 2.26. The third kappa shape index (κ3) is 3.58. The second-order valence-electron chi connectivity index (χ2n) is 10.9. The van der Waals surface area contributed by atoms with Crippen LogP contribution in [0.2, 0.25) is 0 Å². The van der Waals surface area contributed by atoms with Crippen LogP contribution in [-0.4, -0.2) is 29.5 Å². The molecule has 0 saturated carbocycles. The van der Waals surface area contributed by atoms with Crippen LogP contribution in [-0.2, 0) is 0 Å². The van der Waals surface area contributed by atoms with Gasteiger partial charge in [0.25, 0.3) is 0 Å². The van der Waals surface area contributed by atoms with Gasteiger partial charge in [-0.15, -0.1) is 22.7 Å². The van der Waals surface area contributed by atoms with Gasteiger partial charge in [-0.3, -0.25) is 4.57 Å². The summed E-state index contributed by atoms with van der Waals surface area (Å²) in [5.41, 5.74) is 4.97. The summed E-state index contributed by atoms with van der Waals surface area (Å²) in [4.78, 5) is 24.6. The molecule has 0 N–H and O–H groups in total. The quantitative estimate of drug-likeness (QED) is 0.199. The van der Waals surface area contributed by atoms with Crippen LogP contribution in [0.4, 0.5) is 0 Å². The lowest BCUT2D eigenvalue weighted by atomic mass is 10.0. The molecule has 5 aromatic carbocycles. The highest BCUT2D eigenvalue weighted by molar-refractivity contribution is 7.33. The number of thiophene rings is 2. The van der Waals surface area contributed by atoms with Crippen molar-refractivity contribution < 1.29 is 0 Å². The molecule has 45 heavy (non-hydrogen) atoms. The molecule has 5 aromatic heterocycles. The fraction of sp³-hybridized carbons (Fsp3) is 0. The molecule has 5 heterocycles. The number of para-hydroxylation sites is 1. The van der Waals surface area contributed by atoms with E-state index in [-0.39, 0.29) is 0 Å². The smallest absolute Gasteiger partial charge is 0.238 e. The maximum absolute atomic E-state index is 5.19. The molecular formula is C37H20N6S2. The van der Waals surface area contributed by atoms with Crippen molar-refractivity contribution in [3.63, 3.8) is 0 Å². The monoisotopic (exact) mass is 612 g/mol. The van der Waals surface area contributed by atoms with Crippen molar-refractivity contribution in [3.05, 3.63) is 122 Å². The van der Waals surface area contributed by atoms with E-state index in [1.807, 2.05) is 78.2 Å². The summed E-state index contributed by atoms with van der Waals surface area (Å²) < 4.78 is 7.05. The Morgan fingerprint density at radius 1 is 0.533 bits per heavy atom. The van der Waals surface area contributed by atoms with Gasteiger partial charge >= 0.3 is 0 Å². The minimum absolute atomic E-state index is 0.582. The summed E-state index contributed by atoms with van der Waals surface area (Å²) in [6.45, 7) is 0. The molecule has 0 radical (unpaired) electrons. The van der Waals surface area contributed by atoms with Crippen molar-refractivity contribution in [1.82, 2.24) is 29.5 Å². The van der Waals surface area contributed by atoms with Crippen molar-refractivity contribution in [2.24, 2.45) is 0 Å². The molecule has 0 unspecified atom stereocenters. The van der Waals surface area contributed by atoms with Crippen molar-refractivity contribution in [3.8, 4) is 28.7 Å². The number of fused-ring (bicyclic) bond motifs is 12. The number of hydrogen-bond acceptors (Lipinski definition) is 7. The zero-order valence-corrected chi connectivity index (χ0v) is 25.2. The van der Waals surface area contributed by atoms with Crippen LogP contribution in [0.5, 0.6) is 0 Å². The van der Waals surface area contributed by atoms with Crippen LogP contribution in [0.3, 0.4) is 0 Å². The first-order valence-corrected chi connectivity index (χ1v) is 16.2. The average Bonchev–Trinajstić information content (AvgIpc) is 3.79. The van der Waals surface area contributed by atoms with E-state index in [0.29, 0.717) is 17.6 Å². The Labute approximate surface area is 263 Å². The predicted octanol–water partition coefficient (Wildman–Crippen LogP) is 9.83. The molecule has 0 saturated heterocycles. The molecule has 0 amide bonds. The SMILES string of the molecule is c1ccc(-c2nc(-c3ccccc3)nc(-n3c4ccccc4c4c5c6ncncc6sc5c5sc6ccccc6c5c43)n2)cc1. The van der Waals surface area contributed by atoms with E-state index in [1.165, 1.54) is 24.9 Å².